The van der Waals surface area contributed by atoms with Crippen molar-refractivity contribution in [1.82, 2.24) is 14.3 Å². The summed E-state index contributed by atoms with van der Waals surface area (Å²) in [5.74, 6) is 0.260. The molecule has 0 atom stereocenters. The fourth-order valence-corrected chi connectivity index (χ4v) is 4.18. The van der Waals surface area contributed by atoms with Gasteiger partial charge < -0.3 is 18.9 Å². The van der Waals surface area contributed by atoms with Crippen LogP contribution in [0.15, 0.2) is 73.1 Å². The number of hydrogen-bond acceptors (Lipinski definition) is 4. The average molecular weight is 445 g/mol. The summed E-state index contributed by atoms with van der Waals surface area (Å²) in [7, 11) is 0. The van der Waals surface area contributed by atoms with Gasteiger partial charge in [-0.1, -0.05) is 18.2 Å². The zero-order valence-electron chi connectivity index (χ0n) is 18.4. The van der Waals surface area contributed by atoms with E-state index in [1.807, 2.05) is 58.9 Å². The van der Waals surface area contributed by atoms with Crippen LogP contribution in [0.25, 0.3) is 5.65 Å². The maximum absolute atomic E-state index is 13.3. The van der Waals surface area contributed by atoms with E-state index < -0.39 is 0 Å². The molecule has 0 bridgehead atoms. The van der Waals surface area contributed by atoms with Gasteiger partial charge in [-0.25, -0.2) is 9.37 Å². The molecule has 0 N–H and O–H groups in total. The van der Waals surface area contributed by atoms with Crippen LogP contribution in [0.5, 0.6) is 5.75 Å². The monoisotopic (exact) mass is 444 g/mol. The topological polar surface area (TPSA) is 50.1 Å². The van der Waals surface area contributed by atoms with Gasteiger partial charge in [-0.3, -0.25) is 4.79 Å². The van der Waals surface area contributed by atoms with Crippen molar-refractivity contribution >= 4 is 17.2 Å². The lowest BCUT2D eigenvalue weighted by atomic mass is 10.1. The second kappa shape index (κ2) is 8.94. The van der Waals surface area contributed by atoms with E-state index in [0.717, 1.165) is 22.6 Å². The van der Waals surface area contributed by atoms with Crippen molar-refractivity contribution in [2.75, 3.05) is 31.1 Å². The van der Waals surface area contributed by atoms with Crippen LogP contribution in [0.1, 0.15) is 21.6 Å². The molecule has 0 spiro atoms. The first-order valence-corrected chi connectivity index (χ1v) is 11.0. The number of hydrogen-bond donors (Lipinski definition) is 0. The number of carbonyl (C=O) groups excluding carboxylic acids is 1. The van der Waals surface area contributed by atoms with Gasteiger partial charge in [0.1, 0.15) is 23.8 Å². The molecule has 5 rings (SSSR count). The molecular formula is C26H25FN4O2. The van der Waals surface area contributed by atoms with Crippen molar-refractivity contribution in [2.24, 2.45) is 0 Å². The molecule has 3 heterocycles. The number of piperazine rings is 1. The van der Waals surface area contributed by atoms with Crippen molar-refractivity contribution in [1.29, 1.82) is 0 Å². The molecule has 0 unspecified atom stereocenters. The lowest BCUT2D eigenvalue weighted by Crippen LogP contribution is -2.48. The van der Waals surface area contributed by atoms with E-state index in [-0.39, 0.29) is 18.3 Å². The van der Waals surface area contributed by atoms with Gasteiger partial charge in [-0.15, -0.1) is 0 Å². The summed E-state index contributed by atoms with van der Waals surface area (Å²) in [6.07, 6.45) is 3.91. The first kappa shape index (κ1) is 21.0. The number of carbonyl (C=O) groups is 1. The number of para-hydroxylation sites is 1. The summed E-state index contributed by atoms with van der Waals surface area (Å²) in [6, 6.07) is 17.8. The third-order valence-electron chi connectivity index (χ3n) is 5.98. The highest BCUT2D eigenvalue weighted by atomic mass is 19.1. The van der Waals surface area contributed by atoms with Crippen molar-refractivity contribution in [3.63, 3.8) is 0 Å². The number of aromatic nitrogens is 2. The van der Waals surface area contributed by atoms with E-state index in [9.17, 15) is 9.18 Å². The molecular weight excluding hydrogens is 419 g/mol. The zero-order valence-corrected chi connectivity index (χ0v) is 18.4. The van der Waals surface area contributed by atoms with Crippen LogP contribution >= 0.6 is 0 Å². The first-order chi connectivity index (χ1) is 16.1. The van der Waals surface area contributed by atoms with Gasteiger partial charge in [0.15, 0.2) is 0 Å². The molecule has 1 saturated heterocycles. The third-order valence-corrected chi connectivity index (χ3v) is 5.98. The number of pyridine rings is 1. The standard InChI is InChI=1S/C26H25FN4O2/c1-19-5-4-12-31-17-21(28-25(19)31)18-33-24-7-3-2-6-23(24)26(32)30-15-13-29(14-16-30)22-10-8-20(27)9-11-22/h2-12,17H,13-16,18H2,1H3. The molecule has 0 saturated carbocycles. The van der Waals surface area contributed by atoms with Crippen LogP contribution in [0.3, 0.4) is 0 Å². The van der Waals surface area contributed by atoms with Gasteiger partial charge in [0, 0.05) is 44.3 Å². The number of rotatable bonds is 5. The number of nitrogens with zero attached hydrogens (tertiary/aromatic N) is 4. The van der Waals surface area contributed by atoms with Gasteiger partial charge in [0.2, 0.25) is 0 Å². The molecule has 1 fully saturated rings. The van der Waals surface area contributed by atoms with Crippen molar-refractivity contribution in [2.45, 2.75) is 13.5 Å². The average Bonchev–Trinajstić information content (AvgIpc) is 3.28. The highest BCUT2D eigenvalue weighted by molar-refractivity contribution is 5.97. The molecule has 2 aromatic heterocycles. The minimum atomic E-state index is -0.247. The summed E-state index contributed by atoms with van der Waals surface area (Å²) < 4.78 is 21.2. The smallest absolute Gasteiger partial charge is 0.257 e. The Bertz CT molecular complexity index is 1280. The minimum absolute atomic E-state index is 0.0461. The van der Waals surface area contributed by atoms with Gasteiger partial charge in [-0.2, -0.15) is 0 Å². The third kappa shape index (κ3) is 4.39. The van der Waals surface area contributed by atoms with E-state index >= 15 is 0 Å². The highest BCUT2D eigenvalue weighted by Crippen LogP contribution is 2.23. The first-order valence-electron chi connectivity index (χ1n) is 11.0. The molecule has 2 aromatic carbocycles. The van der Waals surface area contributed by atoms with Gasteiger partial charge in [0.05, 0.1) is 11.3 Å². The molecule has 168 valence electrons. The maximum Gasteiger partial charge on any atom is 0.257 e. The predicted octanol–water partition coefficient (Wildman–Crippen LogP) is 4.32. The molecule has 6 nitrogen and oxygen atoms in total. The van der Waals surface area contributed by atoms with Gasteiger partial charge in [-0.05, 0) is 55.0 Å². The number of anilines is 1. The Morgan fingerprint density at radius 2 is 1.76 bits per heavy atom. The van der Waals surface area contributed by atoms with E-state index in [1.54, 1.807) is 18.2 Å². The molecule has 7 heteroatoms. The fraction of sp³-hybridized carbons (Fsp3) is 0.231. The number of halogens is 1. The number of benzene rings is 2. The quantitative estimate of drug-likeness (QED) is 0.460. The fourth-order valence-electron chi connectivity index (χ4n) is 4.18. The van der Waals surface area contributed by atoms with E-state index in [4.69, 9.17) is 4.74 Å². The van der Waals surface area contributed by atoms with Crippen LogP contribution < -0.4 is 9.64 Å². The molecule has 33 heavy (non-hydrogen) atoms. The lowest BCUT2D eigenvalue weighted by molar-refractivity contribution is 0.0742. The molecule has 1 aliphatic rings. The number of aryl methyl sites for hydroxylation is 1. The number of amides is 1. The summed E-state index contributed by atoms with van der Waals surface area (Å²) >= 11 is 0. The SMILES string of the molecule is Cc1cccn2cc(COc3ccccc3C(=O)N3CCN(c4ccc(F)cc4)CC3)nc12. The summed E-state index contributed by atoms with van der Waals surface area (Å²) in [4.78, 5) is 21.9. The lowest BCUT2D eigenvalue weighted by Gasteiger charge is -2.36. The maximum atomic E-state index is 13.3. The van der Waals surface area contributed by atoms with Crippen LogP contribution in [0.2, 0.25) is 0 Å². The second-order valence-electron chi connectivity index (χ2n) is 8.19. The minimum Gasteiger partial charge on any atom is -0.486 e. The van der Waals surface area contributed by atoms with Crippen LogP contribution in [0, 0.1) is 12.7 Å². The van der Waals surface area contributed by atoms with Crippen molar-refractivity contribution < 1.29 is 13.9 Å². The van der Waals surface area contributed by atoms with Crippen molar-refractivity contribution in [3.8, 4) is 5.75 Å². The number of fused-ring (bicyclic) bond motifs is 1. The Labute approximate surface area is 191 Å². The summed E-state index contributed by atoms with van der Waals surface area (Å²) in [6.45, 7) is 4.88. The number of ether oxygens (including phenoxy) is 1. The second-order valence-corrected chi connectivity index (χ2v) is 8.19. The molecule has 0 radical (unpaired) electrons. The van der Waals surface area contributed by atoms with E-state index in [0.29, 0.717) is 37.5 Å². The molecule has 0 aliphatic carbocycles. The van der Waals surface area contributed by atoms with Crippen molar-refractivity contribution in [3.05, 3.63) is 95.7 Å². The van der Waals surface area contributed by atoms with Gasteiger partial charge in [0.25, 0.3) is 5.91 Å². The van der Waals surface area contributed by atoms with Crippen LogP contribution in [-0.2, 0) is 6.61 Å². The normalized spacial score (nSPS) is 14.0. The van der Waals surface area contributed by atoms with Gasteiger partial charge >= 0.3 is 0 Å². The Morgan fingerprint density at radius 1 is 1.00 bits per heavy atom. The molecule has 1 amide bonds. The Hall–Kier alpha value is -3.87. The summed E-state index contributed by atoms with van der Waals surface area (Å²) in [5.41, 5.74) is 4.32. The number of imidazole rings is 1. The highest BCUT2D eigenvalue weighted by Gasteiger charge is 2.24. The Morgan fingerprint density at radius 3 is 2.52 bits per heavy atom. The Balaban J connectivity index is 1.26. The largest absolute Gasteiger partial charge is 0.486 e. The molecule has 1 aliphatic heterocycles. The Kier molecular flexibility index (Phi) is 5.69. The van der Waals surface area contributed by atoms with Crippen LogP contribution in [-0.4, -0.2) is 46.4 Å². The van der Waals surface area contributed by atoms with Crippen LogP contribution in [0.4, 0.5) is 10.1 Å². The van der Waals surface area contributed by atoms with E-state index in [2.05, 4.69) is 9.88 Å². The van der Waals surface area contributed by atoms with E-state index in [1.165, 1.54) is 12.1 Å². The zero-order chi connectivity index (χ0) is 22.8. The summed E-state index contributed by atoms with van der Waals surface area (Å²) in [5, 5.41) is 0. The predicted molar refractivity (Wildman–Crippen MR) is 125 cm³/mol. The molecule has 4 aromatic rings.